The van der Waals surface area contributed by atoms with E-state index in [-0.39, 0.29) is 9.26 Å². The molecule has 0 spiro atoms. The molecule has 1 aromatic heterocycles. The average molecular weight is 403 g/mol. The lowest BCUT2D eigenvalue weighted by Crippen LogP contribution is -2.19. The number of hydrogen-bond donors (Lipinski definition) is 1. The van der Waals surface area contributed by atoms with Gasteiger partial charge < -0.3 is 10.5 Å². The molecule has 17 heavy (non-hydrogen) atoms. The first-order chi connectivity index (χ1) is 7.50. The molecule has 0 amide bonds. The lowest BCUT2D eigenvalue weighted by Gasteiger charge is -2.11. The molecule has 0 aliphatic rings. The fourth-order valence-electron chi connectivity index (χ4n) is 0.803. The fraction of sp³-hybridized carbons (Fsp3) is 0.167. The Morgan fingerprint density at radius 3 is 2.41 bits per heavy atom. The summed E-state index contributed by atoms with van der Waals surface area (Å²) in [5.74, 6) is -0.961. The minimum Gasteiger partial charge on any atom is -0.398 e. The zero-order valence-corrected chi connectivity index (χ0v) is 11.4. The highest BCUT2D eigenvalue weighted by atomic mass is 127. The zero-order valence-electron chi connectivity index (χ0n) is 7.62. The summed E-state index contributed by atoms with van der Waals surface area (Å²) in [5, 5.41) is -0.809. The van der Waals surface area contributed by atoms with Gasteiger partial charge in [0.05, 0.1) is 9.26 Å². The molecular weight excluding hydrogens is 399 g/mol. The number of nitrogen functional groups attached to an aromatic ring is 1. The molecule has 0 aliphatic carbocycles. The quantitative estimate of drug-likeness (QED) is 0.605. The minimum absolute atomic E-state index is 0.163. The Morgan fingerprint density at radius 2 is 2.00 bits per heavy atom. The van der Waals surface area contributed by atoms with Gasteiger partial charge in [0.1, 0.15) is 0 Å². The van der Waals surface area contributed by atoms with Crippen LogP contribution in [0.2, 0.25) is 0 Å². The molecule has 0 saturated carbocycles. The lowest BCUT2D eigenvalue weighted by atomic mass is 10.4. The minimum atomic E-state index is -5.01. The van der Waals surface area contributed by atoms with Crippen LogP contribution in [-0.4, -0.2) is 19.8 Å². The number of anilines is 1. The largest absolute Gasteiger partial charge is 0.574 e. The Bertz CT molecular complexity index is 548. The van der Waals surface area contributed by atoms with Gasteiger partial charge in [0, 0.05) is 16.7 Å². The number of aromatic nitrogens is 1. The summed E-state index contributed by atoms with van der Waals surface area (Å²) in [6, 6.07) is 0.841. The molecule has 0 aromatic carbocycles. The van der Waals surface area contributed by atoms with Crippen LogP contribution in [0.5, 0.6) is 5.88 Å². The van der Waals surface area contributed by atoms with E-state index < -0.39 is 26.3 Å². The second-order valence-electron chi connectivity index (χ2n) is 2.65. The fourth-order valence-corrected chi connectivity index (χ4v) is 1.89. The molecule has 2 N–H and O–H groups in total. The molecule has 0 fully saturated rings. The van der Waals surface area contributed by atoms with E-state index in [4.69, 9.17) is 16.4 Å². The van der Waals surface area contributed by atoms with Gasteiger partial charge in [-0.2, -0.15) is 4.98 Å². The van der Waals surface area contributed by atoms with Gasteiger partial charge in [-0.15, -0.1) is 13.2 Å². The Balaban J connectivity index is 3.36. The van der Waals surface area contributed by atoms with Crippen molar-refractivity contribution in [3.05, 3.63) is 9.64 Å². The van der Waals surface area contributed by atoms with Gasteiger partial charge in [0.2, 0.25) is 5.88 Å². The summed E-state index contributed by atoms with van der Waals surface area (Å²) in [6.07, 6.45) is -5.01. The second kappa shape index (κ2) is 4.65. The Morgan fingerprint density at radius 1 is 1.47 bits per heavy atom. The summed E-state index contributed by atoms with van der Waals surface area (Å²) in [5.41, 5.74) is 5.08. The molecule has 1 rings (SSSR count). The lowest BCUT2D eigenvalue weighted by molar-refractivity contribution is -0.276. The average Bonchev–Trinajstić information content (AvgIpc) is 2.08. The van der Waals surface area contributed by atoms with Gasteiger partial charge in [-0.25, -0.2) is 8.42 Å². The highest BCUT2D eigenvalue weighted by Crippen LogP contribution is 2.31. The summed E-state index contributed by atoms with van der Waals surface area (Å²) in [7, 11) is 0.651. The topological polar surface area (TPSA) is 82.3 Å². The van der Waals surface area contributed by atoms with Crippen LogP contribution in [0.3, 0.4) is 0 Å². The van der Waals surface area contributed by atoms with Crippen LogP contribution in [0.15, 0.2) is 11.1 Å². The third kappa shape index (κ3) is 4.03. The SMILES string of the molecule is Nc1cc(S(=O)(=O)Cl)nc(OC(F)(F)F)c1I. The van der Waals surface area contributed by atoms with E-state index in [1.807, 2.05) is 0 Å². The molecule has 1 aromatic rings. The van der Waals surface area contributed by atoms with Crippen molar-refractivity contribution in [3.8, 4) is 5.88 Å². The van der Waals surface area contributed by atoms with Crippen LogP contribution in [0.4, 0.5) is 18.9 Å². The molecule has 0 radical (unpaired) electrons. The molecule has 0 unspecified atom stereocenters. The van der Waals surface area contributed by atoms with Crippen LogP contribution in [0, 0.1) is 3.57 Å². The van der Waals surface area contributed by atoms with Crippen molar-refractivity contribution in [2.45, 2.75) is 11.4 Å². The van der Waals surface area contributed by atoms with E-state index in [2.05, 4.69) is 9.72 Å². The van der Waals surface area contributed by atoms with Crippen molar-refractivity contribution < 1.29 is 26.3 Å². The highest BCUT2D eigenvalue weighted by molar-refractivity contribution is 14.1. The Labute approximate surface area is 112 Å². The number of rotatable bonds is 2. The van der Waals surface area contributed by atoms with E-state index in [9.17, 15) is 21.6 Å². The van der Waals surface area contributed by atoms with Crippen molar-refractivity contribution in [1.82, 2.24) is 4.98 Å². The third-order valence-electron chi connectivity index (χ3n) is 1.39. The van der Waals surface area contributed by atoms with Crippen molar-refractivity contribution in [1.29, 1.82) is 0 Å². The van der Waals surface area contributed by atoms with E-state index in [0.717, 1.165) is 6.07 Å². The molecule has 5 nitrogen and oxygen atoms in total. The van der Waals surface area contributed by atoms with Gasteiger partial charge in [-0.3, -0.25) is 0 Å². The van der Waals surface area contributed by atoms with E-state index in [0.29, 0.717) is 0 Å². The van der Waals surface area contributed by atoms with E-state index in [1.165, 1.54) is 22.6 Å². The van der Waals surface area contributed by atoms with Crippen molar-refractivity contribution in [2.75, 3.05) is 5.73 Å². The maximum atomic E-state index is 12.0. The first-order valence-corrected chi connectivity index (χ1v) is 7.06. The van der Waals surface area contributed by atoms with Crippen LogP contribution in [-0.2, 0) is 9.05 Å². The monoisotopic (exact) mass is 402 g/mol. The molecule has 0 bridgehead atoms. The first kappa shape index (κ1) is 14.6. The molecule has 96 valence electrons. The number of halogens is 5. The van der Waals surface area contributed by atoms with Gasteiger partial charge in [-0.1, -0.05) is 0 Å². The summed E-state index contributed by atoms with van der Waals surface area (Å²) >= 11 is 1.44. The molecule has 1 heterocycles. The smallest absolute Gasteiger partial charge is 0.398 e. The maximum absolute atomic E-state index is 12.0. The van der Waals surface area contributed by atoms with E-state index >= 15 is 0 Å². The van der Waals surface area contributed by atoms with Crippen LogP contribution >= 0.6 is 33.3 Å². The molecule has 11 heteroatoms. The van der Waals surface area contributed by atoms with Gasteiger partial charge in [-0.05, 0) is 22.6 Å². The number of hydrogen-bond acceptors (Lipinski definition) is 5. The van der Waals surface area contributed by atoms with Crippen LogP contribution in [0.1, 0.15) is 0 Å². The van der Waals surface area contributed by atoms with Crippen molar-refractivity contribution >= 4 is 48.0 Å². The summed E-state index contributed by atoms with van der Waals surface area (Å²) < 4.78 is 61.2. The van der Waals surface area contributed by atoms with E-state index in [1.54, 1.807) is 0 Å². The molecule has 0 atom stereocenters. The molecule has 0 aliphatic heterocycles. The Hall–Kier alpha value is -0.490. The standard InChI is InChI=1S/C6H3ClF3IN2O3S/c7-17(14,15)3-1-2(12)4(11)5(13-3)16-6(8,9)10/h1H,(H2,12,13). The van der Waals surface area contributed by atoms with Gasteiger partial charge in [0.15, 0.2) is 5.03 Å². The van der Waals surface area contributed by atoms with Crippen LogP contribution < -0.4 is 10.5 Å². The second-order valence-corrected chi connectivity index (χ2v) is 6.25. The maximum Gasteiger partial charge on any atom is 0.574 e. The highest BCUT2D eigenvalue weighted by Gasteiger charge is 2.34. The predicted octanol–water partition coefficient (Wildman–Crippen LogP) is 2.09. The van der Waals surface area contributed by atoms with Gasteiger partial charge >= 0.3 is 6.36 Å². The summed E-state index contributed by atoms with van der Waals surface area (Å²) in [6.45, 7) is 0. The number of ether oxygens (including phenoxy) is 1. The third-order valence-corrected chi connectivity index (χ3v) is 3.66. The number of nitrogens with two attached hydrogens (primary N) is 1. The molecule has 0 saturated heterocycles. The predicted molar refractivity (Wildman–Crippen MR) is 61.1 cm³/mol. The van der Waals surface area contributed by atoms with Crippen molar-refractivity contribution in [3.63, 3.8) is 0 Å². The molecular formula is C6H3ClF3IN2O3S. The normalized spacial score (nSPS) is 12.5. The van der Waals surface area contributed by atoms with Crippen LogP contribution in [0.25, 0.3) is 0 Å². The van der Waals surface area contributed by atoms with Crippen molar-refractivity contribution in [2.24, 2.45) is 0 Å². The zero-order chi connectivity index (χ0) is 13.4. The Kier molecular flexibility index (Phi) is 3.98. The number of pyridine rings is 1. The summed E-state index contributed by atoms with van der Waals surface area (Å²) in [4.78, 5) is 3.14. The number of alkyl halides is 3. The number of nitrogens with zero attached hydrogens (tertiary/aromatic N) is 1. The van der Waals surface area contributed by atoms with Gasteiger partial charge in [0.25, 0.3) is 9.05 Å². The first-order valence-electron chi connectivity index (χ1n) is 3.67.